The van der Waals surface area contributed by atoms with Crippen molar-refractivity contribution in [3.05, 3.63) is 5.01 Å². The van der Waals surface area contributed by atoms with Crippen LogP contribution in [-0.4, -0.2) is 16.7 Å². The second kappa shape index (κ2) is 3.87. The molecule has 1 saturated carbocycles. The van der Waals surface area contributed by atoms with E-state index in [1.165, 1.54) is 6.42 Å². The number of nitrogens with one attached hydrogen (secondary N) is 1. The van der Waals surface area contributed by atoms with Crippen molar-refractivity contribution in [2.45, 2.75) is 32.4 Å². The lowest BCUT2D eigenvalue weighted by Crippen LogP contribution is -2.33. The van der Waals surface area contributed by atoms with Crippen molar-refractivity contribution < 1.29 is 13.2 Å². The number of rotatable bonds is 3. The zero-order chi connectivity index (χ0) is 11.8. The van der Waals surface area contributed by atoms with Gasteiger partial charge in [-0.2, -0.15) is 13.2 Å². The monoisotopic (exact) mass is 251 g/mol. The Labute approximate surface area is 95.1 Å². The SMILES string of the molecule is CC1(CNc2nnc(C(F)(F)F)s2)CCC1. The van der Waals surface area contributed by atoms with Crippen LogP contribution in [0.5, 0.6) is 0 Å². The summed E-state index contributed by atoms with van der Waals surface area (Å²) in [5, 5.41) is 8.87. The number of nitrogens with zero attached hydrogens (tertiary/aromatic N) is 2. The zero-order valence-electron chi connectivity index (χ0n) is 8.76. The molecular weight excluding hydrogens is 239 g/mol. The first-order valence-electron chi connectivity index (χ1n) is 5.04. The van der Waals surface area contributed by atoms with E-state index in [1.54, 1.807) is 0 Å². The van der Waals surface area contributed by atoms with Gasteiger partial charge in [-0.05, 0) is 18.3 Å². The molecule has 0 atom stereocenters. The molecule has 0 saturated heterocycles. The van der Waals surface area contributed by atoms with Crippen LogP contribution in [-0.2, 0) is 6.18 Å². The number of hydrogen-bond donors (Lipinski definition) is 1. The molecule has 90 valence electrons. The van der Waals surface area contributed by atoms with Crippen LogP contribution < -0.4 is 5.32 Å². The zero-order valence-corrected chi connectivity index (χ0v) is 9.58. The number of anilines is 1. The van der Waals surface area contributed by atoms with Crippen LogP contribution in [0.3, 0.4) is 0 Å². The van der Waals surface area contributed by atoms with Crippen LogP contribution in [0.4, 0.5) is 18.3 Å². The highest BCUT2D eigenvalue weighted by molar-refractivity contribution is 7.15. The predicted molar refractivity (Wildman–Crippen MR) is 55.4 cm³/mol. The van der Waals surface area contributed by atoms with Gasteiger partial charge in [0.2, 0.25) is 10.1 Å². The van der Waals surface area contributed by atoms with Crippen molar-refractivity contribution in [3.8, 4) is 0 Å². The molecule has 0 aromatic carbocycles. The molecule has 0 radical (unpaired) electrons. The quantitative estimate of drug-likeness (QED) is 0.896. The third-order valence-corrected chi connectivity index (χ3v) is 3.82. The molecule has 3 nitrogen and oxygen atoms in total. The van der Waals surface area contributed by atoms with Gasteiger partial charge < -0.3 is 5.32 Å². The highest BCUT2D eigenvalue weighted by Gasteiger charge is 2.36. The molecule has 1 N–H and O–H groups in total. The maximum atomic E-state index is 12.2. The van der Waals surface area contributed by atoms with E-state index in [2.05, 4.69) is 22.4 Å². The largest absolute Gasteiger partial charge is 0.445 e. The summed E-state index contributed by atoms with van der Waals surface area (Å²) >= 11 is 0.557. The number of alkyl halides is 3. The lowest BCUT2D eigenvalue weighted by Gasteiger charge is -2.38. The lowest BCUT2D eigenvalue weighted by molar-refractivity contribution is -0.138. The second-order valence-electron chi connectivity index (χ2n) is 4.43. The van der Waals surface area contributed by atoms with Crippen LogP contribution in [0, 0.1) is 5.41 Å². The van der Waals surface area contributed by atoms with E-state index in [4.69, 9.17) is 0 Å². The van der Waals surface area contributed by atoms with Gasteiger partial charge in [0.15, 0.2) is 0 Å². The average Bonchev–Trinajstić information content (AvgIpc) is 2.59. The van der Waals surface area contributed by atoms with Crippen LogP contribution in [0.25, 0.3) is 0 Å². The van der Waals surface area contributed by atoms with E-state index >= 15 is 0 Å². The summed E-state index contributed by atoms with van der Waals surface area (Å²) in [5.41, 5.74) is 0.212. The first kappa shape index (κ1) is 11.6. The first-order chi connectivity index (χ1) is 7.39. The van der Waals surface area contributed by atoms with Crippen molar-refractivity contribution >= 4 is 16.5 Å². The molecule has 1 heterocycles. The van der Waals surface area contributed by atoms with E-state index in [0.29, 0.717) is 17.9 Å². The van der Waals surface area contributed by atoms with Crippen LogP contribution in [0.1, 0.15) is 31.2 Å². The van der Waals surface area contributed by atoms with Gasteiger partial charge in [0.1, 0.15) is 0 Å². The van der Waals surface area contributed by atoms with Crippen LogP contribution in [0.2, 0.25) is 0 Å². The van der Waals surface area contributed by atoms with Crippen molar-refractivity contribution in [1.82, 2.24) is 10.2 Å². The van der Waals surface area contributed by atoms with E-state index in [9.17, 15) is 13.2 Å². The maximum Gasteiger partial charge on any atom is 0.445 e. The maximum absolute atomic E-state index is 12.2. The van der Waals surface area contributed by atoms with E-state index in [0.717, 1.165) is 12.8 Å². The van der Waals surface area contributed by atoms with Gasteiger partial charge in [-0.3, -0.25) is 0 Å². The summed E-state index contributed by atoms with van der Waals surface area (Å²) in [7, 11) is 0. The minimum absolute atomic E-state index is 0.212. The lowest BCUT2D eigenvalue weighted by atomic mass is 9.70. The molecule has 2 rings (SSSR count). The molecule has 0 unspecified atom stereocenters. The minimum atomic E-state index is -4.39. The molecule has 16 heavy (non-hydrogen) atoms. The predicted octanol–water partition coefficient (Wildman–Crippen LogP) is 3.16. The smallest absolute Gasteiger partial charge is 0.360 e. The normalized spacial score (nSPS) is 19.2. The first-order valence-corrected chi connectivity index (χ1v) is 5.85. The molecule has 0 amide bonds. The topological polar surface area (TPSA) is 37.8 Å². The standard InChI is InChI=1S/C9H12F3N3S/c1-8(3-2-4-8)5-13-7-15-14-6(16-7)9(10,11)12/h2-5H2,1H3,(H,13,15). The Morgan fingerprint density at radius 1 is 1.38 bits per heavy atom. The van der Waals surface area contributed by atoms with E-state index in [-0.39, 0.29) is 10.5 Å². The molecule has 0 bridgehead atoms. The van der Waals surface area contributed by atoms with Crippen molar-refractivity contribution in [3.63, 3.8) is 0 Å². The molecule has 0 aliphatic heterocycles. The summed E-state index contributed by atoms with van der Waals surface area (Å²) in [4.78, 5) is 0. The fourth-order valence-electron chi connectivity index (χ4n) is 1.66. The summed E-state index contributed by atoms with van der Waals surface area (Å²) in [6.45, 7) is 2.79. The number of aromatic nitrogens is 2. The van der Waals surface area contributed by atoms with E-state index in [1.807, 2.05) is 0 Å². The van der Waals surface area contributed by atoms with Crippen molar-refractivity contribution in [2.75, 3.05) is 11.9 Å². The summed E-state index contributed by atoms with van der Waals surface area (Å²) in [5.74, 6) is 0. The Morgan fingerprint density at radius 2 is 2.06 bits per heavy atom. The molecule has 7 heteroatoms. The third-order valence-electron chi connectivity index (χ3n) is 2.89. The van der Waals surface area contributed by atoms with Gasteiger partial charge >= 0.3 is 6.18 Å². The number of halogens is 3. The molecule has 1 aliphatic rings. The summed E-state index contributed by atoms with van der Waals surface area (Å²) in [6.07, 6.45) is -0.962. The minimum Gasteiger partial charge on any atom is -0.360 e. The summed E-state index contributed by atoms with van der Waals surface area (Å²) < 4.78 is 36.7. The molecular formula is C9H12F3N3S. The number of hydrogen-bond acceptors (Lipinski definition) is 4. The molecule has 1 aromatic heterocycles. The Morgan fingerprint density at radius 3 is 2.50 bits per heavy atom. The molecule has 0 spiro atoms. The highest BCUT2D eigenvalue weighted by atomic mass is 32.1. The fourth-order valence-corrected chi connectivity index (χ4v) is 2.26. The highest BCUT2D eigenvalue weighted by Crippen LogP contribution is 2.40. The fraction of sp³-hybridized carbons (Fsp3) is 0.778. The summed E-state index contributed by atoms with van der Waals surface area (Å²) in [6, 6.07) is 0. The second-order valence-corrected chi connectivity index (χ2v) is 5.41. The Balaban J connectivity index is 1.93. The van der Waals surface area contributed by atoms with Crippen LogP contribution in [0.15, 0.2) is 0 Å². The van der Waals surface area contributed by atoms with Crippen molar-refractivity contribution in [1.29, 1.82) is 0 Å². The molecule has 1 fully saturated rings. The van der Waals surface area contributed by atoms with Gasteiger partial charge in [0, 0.05) is 6.54 Å². The van der Waals surface area contributed by atoms with Crippen molar-refractivity contribution in [2.24, 2.45) is 5.41 Å². The van der Waals surface area contributed by atoms with Crippen LogP contribution >= 0.6 is 11.3 Å². The average molecular weight is 251 g/mol. The Hall–Kier alpha value is -0.850. The van der Waals surface area contributed by atoms with Gasteiger partial charge in [0.05, 0.1) is 0 Å². The molecule has 1 aliphatic carbocycles. The van der Waals surface area contributed by atoms with Gasteiger partial charge in [-0.15, -0.1) is 10.2 Å². The van der Waals surface area contributed by atoms with E-state index < -0.39 is 11.2 Å². The van der Waals surface area contributed by atoms with Gasteiger partial charge in [-0.25, -0.2) is 0 Å². The Kier molecular flexibility index (Phi) is 2.81. The molecule has 1 aromatic rings. The van der Waals surface area contributed by atoms with Gasteiger partial charge in [-0.1, -0.05) is 24.7 Å². The van der Waals surface area contributed by atoms with Gasteiger partial charge in [0.25, 0.3) is 0 Å². The Bertz CT molecular complexity index is 370. The third kappa shape index (κ3) is 2.45.